The van der Waals surface area contributed by atoms with Crippen molar-refractivity contribution < 1.29 is 9.84 Å². The SMILES string of the molecule is COc1ccc2cc[nH]c2c1.Oc1ccc2cc[nH]c2c1. The van der Waals surface area contributed by atoms with Gasteiger partial charge in [-0.1, -0.05) is 0 Å². The first-order chi connectivity index (χ1) is 10.3. The van der Waals surface area contributed by atoms with E-state index >= 15 is 0 Å². The molecule has 0 saturated heterocycles. The number of aromatic nitrogens is 2. The van der Waals surface area contributed by atoms with Crippen LogP contribution in [0.3, 0.4) is 0 Å². The van der Waals surface area contributed by atoms with Crippen LogP contribution in [-0.2, 0) is 0 Å². The molecule has 2 aromatic carbocycles. The lowest BCUT2D eigenvalue weighted by Crippen LogP contribution is -1.80. The van der Waals surface area contributed by atoms with Gasteiger partial charge in [-0.3, -0.25) is 0 Å². The molecule has 0 aliphatic rings. The fourth-order valence-electron chi connectivity index (χ4n) is 2.19. The Balaban J connectivity index is 0.000000126. The van der Waals surface area contributed by atoms with Gasteiger partial charge in [0.05, 0.1) is 7.11 Å². The zero-order valence-electron chi connectivity index (χ0n) is 11.6. The summed E-state index contributed by atoms with van der Waals surface area (Å²) in [6, 6.07) is 15.2. The lowest BCUT2D eigenvalue weighted by atomic mass is 10.2. The molecule has 0 fully saturated rings. The number of aromatic amines is 2. The number of benzene rings is 2. The van der Waals surface area contributed by atoms with Crippen LogP contribution < -0.4 is 4.74 Å². The van der Waals surface area contributed by atoms with E-state index in [0.717, 1.165) is 22.2 Å². The lowest BCUT2D eigenvalue weighted by Gasteiger charge is -1.97. The molecule has 0 unspecified atom stereocenters. The van der Waals surface area contributed by atoms with E-state index in [4.69, 9.17) is 9.84 Å². The van der Waals surface area contributed by atoms with E-state index in [9.17, 15) is 0 Å². The normalized spacial score (nSPS) is 10.3. The van der Waals surface area contributed by atoms with E-state index in [0.29, 0.717) is 5.75 Å². The Bertz CT molecular complexity index is 861. The summed E-state index contributed by atoms with van der Waals surface area (Å²) in [5.41, 5.74) is 2.09. The number of H-pyrrole nitrogens is 2. The number of methoxy groups -OCH3 is 1. The highest BCUT2D eigenvalue weighted by Crippen LogP contribution is 2.18. The van der Waals surface area contributed by atoms with Gasteiger partial charge in [0.25, 0.3) is 0 Å². The van der Waals surface area contributed by atoms with Gasteiger partial charge in [-0.05, 0) is 47.2 Å². The number of aromatic hydroxyl groups is 1. The van der Waals surface area contributed by atoms with Crippen molar-refractivity contribution in [2.24, 2.45) is 0 Å². The van der Waals surface area contributed by atoms with Crippen LogP contribution in [0.5, 0.6) is 11.5 Å². The fraction of sp³-hybridized carbons (Fsp3) is 0.0588. The molecule has 106 valence electrons. The molecule has 2 heterocycles. The van der Waals surface area contributed by atoms with Crippen LogP contribution >= 0.6 is 0 Å². The average molecular weight is 280 g/mol. The van der Waals surface area contributed by atoms with Crippen LogP contribution in [-0.4, -0.2) is 22.2 Å². The molecular formula is C17H16N2O2. The predicted molar refractivity (Wildman–Crippen MR) is 84.8 cm³/mol. The van der Waals surface area contributed by atoms with Crippen molar-refractivity contribution in [2.45, 2.75) is 0 Å². The highest BCUT2D eigenvalue weighted by molar-refractivity contribution is 5.81. The number of phenolic OH excluding ortho intramolecular Hbond substituents is 1. The summed E-state index contributed by atoms with van der Waals surface area (Å²) in [7, 11) is 1.67. The van der Waals surface area contributed by atoms with Crippen molar-refractivity contribution in [3.63, 3.8) is 0 Å². The Hall–Kier alpha value is -2.88. The molecule has 0 saturated carbocycles. The first kappa shape index (κ1) is 13.1. The van der Waals surface area contributed by atoms with Gasteiger partial charge in [-0.25, -0.2) is 0 Å². The quantitative estimate of drug-likeness (QED) is 0.492. The number of phenols is 1. The number of ether oxygens (including phenoxy) is 1. The topological polar surface area (TPSA) is 61.0 Å². The molecule has 0 aliphatic heterocycles. The number of fused-ring (bicyclic) bond motifs is 2. The second-order valence-corrected chi connectivity index (χ2v) is 4.68. The third-order valence-electron chi connectivity index (χ3n) is 3.30. The maximum atomic E-state index is 9.03. The molecule has 4 rings (SSSR count). The summed E-state index contributed by atoms with van der Waals surface area (Å²) in [4.78, 5) is 6.11. The van der Waals surface area contributed by atoms with Crippen molar-refractivity contribution in [2.75, 3.05) is 7.11 Å². The molecule has 4 nitrogen and oxygen atoms in total. The molecule has 4 heteroatoms. The number of hydrogen-bond acceptors (Lipinski definition) is 2. The van der Waals surface area contributed by atoms with Gasteiger partial charge in [0, 0.05) is 35.6 Å². The summed E-state index contributed by atoms with van der Waals surface area (Å²) in [5.74, 6) is 1.19. The molecule has 0 atom stereocenters. The zero-order chi connectivity index (χ0) is 14.7. The standard InChI is InChI=1S/C9H9NO.C8H7NO/c1-11-8-3-2-7-4-5-10-9(7)6-8;10-7-2-1-6-3-4-9-8(6)5-7/h2-6,10H,1H3;1-5,9-10H. The Labute approximate surface area is 122 Å². The average Bonchev–Trinajstić information content (AvgIpc) is 3.15. The van der Waals surface area contributed by atoms with Crippen molar-refractivity contribution in [3.8, 4) is 11.5 Å². The number of rotatable bonds is 1. The highest BCUT2D eigenvalue weighted by Gasteiger charge is 1.94. The highest BCUT2D eigenvalue weighted by atomic mass is 16.5. The Morgan fingerprint density at radius 1 is 0.810 bits per heavy atom. The molecule has 2 aromatic heterocycles. The van der Waals surface area contributed by atoms with Gasteiger partial charge in [0.15, 0.2) is 0 Å². The third-order valence-corrected chi connectivity index (χ3v) is 3.30. The van der Waals surface area contributed by atoms with Gasteiger partial charge in [0.2, 0.25) is 0 Å². The van der Waals surface area contributed by atoms with Crippen molar-refractivity contribution in [3.05, 3.63) is 60.9 Å². The Kier molecular flexibility index (Phi) is 3.51. The van der Waals surface area contributed by atoms with Gasteiger partial charge in [-0.15, -0.1) is 0 Å². The zero-order valence-corrected chi connectivity index (χ0v) is 11.6. The van der Waals surface area contributed by atoms with Gasteiger partial charge in [0.1, 0.15) is 11.5 Å². The lowest BCUT2D eigenvalue weighted by molar-refractivity contribution is 0.415. The number of hydrogen-bond donors (Lipinski definition) is 3. The van der Waals surface area contributed by atoms with E-state index in [1.54, 1.807) is 19.2 Å². The van der Waals surface area contributed by atoms with E-state index in [2.05, 4.69) is 9.97 Å². The first-order valence-electron chi connectivity index (χ1n) is 6.63. The minimum atomic E-state index is 0.301. The molecule has 0 bridgehead atoms. The molecule has 0 aliphatic carbocycles. The first-order valence-corrected chi connectivity index (χ1v) is 6.63. The summed E-state index contributed by atoms with van der Waals surface area (Å²) in [6.07, 6.45) is 3.77. The molecular weight excluding hydrogens is 264 g/mol. The summed E-state index contributed by atoms with van der Waals surface area (Å²) in [5, 5.41) is 11.4. The summed E-state index contributed by atoms with van der Waals surface area (Å²) >= 11 is 0. The van der Waals surface area contributed by atoms with E-state index in [1.807, 2.05) is 48.8 Å². The van der Waals surface area contributed by atoms with Gasteiger partial charge >= 0.3 is 0 Å². The molecule has 0 spiro atoms. The predicted octanol–water partition coefficient (Wildman–Crippen LogP) is 4.05. The van der Waals surface area contributed by atoms with E-state index < -0.39 is 0 Å². The van der Waals surface area contributed by atoms with Crippen LogP contribution in [0.2, 0.25) is 0 Å². The van der Waals surface area contributed by atoms with Crippen LogP contribution in [0.1, 0.15) is 0 Å². The minimum absolute atomic E-state index is 0.301. The van der Waals surface area contributed by atoms with Crippen molar-refractivity contribution in [1.82, 2.24) is 9.97 Å². The summed E-state index contributed by atoms with van der Waals surface area (Å²) in [6.45, 7) is 0. The second kappa shape index (κ2) is 5.63. The van der Waals surface area contributed by atoms with E-state index in [-0.39, 0.29) is 0 Å². The van der Waals surface area contributed by atoms with Gasteiger partial charge < -0.3 is 19.8 Å². The van der Waals surface area contributed by atoms with Gasteiger partial charge in [-0.2, -0.15) is 0 Å². The molecule has 21 heavy (non-hydrogen) atoms. The third kappa shape index (κ3) is 2.84. The van der Waals surface area contributed by atoms with Crippen molar-refractivity contribution >= 4 is 21.8 Å². The Morgan fingerprint density at radius 2 is 1.43 bits per heavy atom. The maximum absolute atomic E-state index is 9.03. The van der Waals surface area contributed by atoms with Crippen molar-refractivity contribution in [1.29, 1.82) is 0 Å². The smallest absolute Gasteiger partial charge is 0.120 e. The van der Waals surface area contributed by atoms with Crippen LogP contribution in [0.4, 0.5) is 0 Å². The minimum Gasteiger partial charge on any atom is -0.508 e. The largest absolute Gasteiger partial charge is 0.508 e. The monoisotopic (exact) mass is 280 g/mol. The maximum Gasteiger partial charge on any atom is 0.120 e. The molecule has 4 aromatic rings. The van der Waals surface area contributed by atoms with Crippen LogP contribution in [0.25, 0.3) is 21.8 Å². The Morgan fingerprint density at radius 3 is 2.10 bits per heavy atom. The molecule has 0 amide bonds. The fourth-order valence-corrected chi connectivity index (χ4v) is 2.19. The number of nitrogens with one attached hydrogen (secondary N) is 2. The molecule has 0 radical (unpaired) electrons. The van der Waals surface area contributed by atoms with E-state index in [1.165, 1.54) is 5.39 Å². The van der Waals surface area contributed by atoms with Crippen LogP contribution in [0.15, 0.2) is 60.9 Å². The van der Waals surface area contributed by atoms with Crippen LogP contribution in [0, 0.1) is 0 Å². The molecule has 3 N–H and O–H groups in total. The second-order valence-electron chi connectivity index (χ2n) is 4.68. The summed E-state index contributed by atoms with van der Waals surface area (Å²) < 4.78 is 5.07.